The highest BCUT2D eigenvalue weighted by Gasteiger charge is 2.49. The molecule has 9 heteroatoms. The molecule has 1 aliphatic rings. The van der Waals surface area contributed by atoms with E-state index in [2.05, 4.69) is 0 Å². The van der Waals surface area contributed by atoms with E-state index in [1.165, 1.54) is 22.8 Å². The average Bonchev–Trinajstić information content (AvgIpc) is 3.52. The predicted molar refractivity (Wildman–Crippen MR) is 125 cm³/mol. The Morgan fingerprint density at radius 3 is 2.30 bits per heavy atom. The monoisotopic (exact) mass is 482 g/mol. The average molecular weight is 483 g/mol. The summed E-state index contributed by atoms with van der Waals surface area (Å²) in [6.07, 6.45) is 2.50. The number of aromatic carboxylic acids is 1. The minimum absolute atomic E-state index is 0.158. The first kappa shape index (κ1) is 21.5. The van der Waals surface area contributed by atoms with Crippen LogP contribution in [0, 0.1) is 0 Å². The topological polar surface area (TPSA) is 98.4 Å². The third-order valence-corrected chi connectivity index (χ3v) is 7.49. The molecule has 0 unspecified atom stereocenters. The molecule has 0 atom stereocenters. The summed E-state index contributed by atoms with van der Waals surface area (Å²) in [4.78, 5) is 25.5. The number of imidazole rings is 1. The van der Waals surface area contributed by atoms with Crippen LogP contribution in [0.25, 0.3) is 16.7 Å². The lowest BCUT2D eigenvalue weighted by Crippen LogP contribution is -2.32. The van der Waals surface area contributed by atoms with E-state index in [4.69, 9.17) is 11.6 Å². The number of carboxylic acid groups (broad SMARTS) is 1. The zero-order valence-electron chi connectivity index (χ0n) is 17.5. The summed E-state index contributed by atoms with van der Waals surface area (Å²) in [6, 6.07) is 18.0. The molecule has 0 radical (unpaired) electrons. The second-order valence-corrected chi connectivity index (χ2v) is 10.7. The van der Waals surface area contributed by atoms with Gasteiger partial charge < -0.3 is 5.11 Å². The highest BCUT2D eigenvalue weighted by atomic mass is 35.5. The van der Waals surface area contributed by atoms with Gasteiger partial charge in [-0.3, -0.25) is 9.13 Å². The second kappa shape index (κ2) is 7.33. The summed E-state index contributed by atoms with van der Waals surface area (Å²) in [6.45, 7) is 0. The molecule has 1 aliphatic carbocycles. The first-order chi connectivity index (χ1) is 15.6. The van der Waals surface area contributed by atoms with Crippen LogP contribution in [0.5, 0.6) is 0 Å². The van der Waals surface area contributed by atoms with E-state index in [0.29, 0.717) is 34.6 Å². The summed E-state index contributed by atoms with van der Waals surface area (Å²) in [5, 5.41) is 9.88. The Balaban J connectivity index is 1.76. The number of hydrogen-bond acceptors (Lipinski definition) is 4. The number of hydrogen-bond donors (Lipinski definition) is 1. The van der Waals surface area contributed by atoms with Crippen LogP contribution >= 0.6 is 11.6 Å². The van der Waals surface area contributed by atoms with Gasteiger partial charge in [-0.1, -0.05) is 23.7 Å². The maximum Gasteiger partial charge on any atom is 0.335 e. The van der Waals surface area contributed by atoms with Gasteiger partial charge in [-0.05, 0) is 73.0 Å². The molecular weight excluding hydrogens is 464 g/mol. The number of rotatable bonds is 5. The molecule has 0 saturated heterocycles. The number of carbonyl (C=O) groups is 1. The number of aromatic nitrogens is 2. The number of sulfone groups is 1. The summed E-state index contributed by atoms with van der Waals surface area (Å²) >= 11 is 6.26. The minimum Gasteiger partial charge on any atom is -0.478 e. The fourth-order valence-corrected chi connectivity index (χ4v) is 5.17. The molecular formula is C24H19ClN2O5S. The fraction of sp³-hybridized carbons (Fsp3) is 0.167. The van der Waals surface area contributed by atoms with Crippen molar-refractivity contribution >= 4 is 38.4 Å². The zero-order valence-corrected chi connectivity index (χ0v) is 19.1. The Kier molecular flexibility index (Phi) is 4.77. The molecule has 1 aromatic heterocycles. The molecule has 3 aromatic carbocycles. The van der Waals surface area contributed by atoms with Crippen LogP contribution in [-0.4, -0.2) is 34.9 Å². The SMILES string of the molecule is CS(=O)(=O)c1ccc(-n2c(=O)n(C3(c4cccc(C(=O)O)c4)CC3)c3ccc(Cl)cc32)cc1. The van der Waals surface area contributed by atoms with E-state index in [1.54, 1.807) is 47.0 Å². The number of benzene rings is 3. The van der Waals surface area contributed by atoms with Crippen LogP contribution in [0.1, 0.15) is 28.8 Å². The Labute approximate surface area is 194 Å². The third-order valence-electron chi connectivity index (χ3n) is 6.12. The molecule has 4 aromatic rings. The molecule has 1 heterocycles. The summed E-state index contributed by atoms with van der Waals surface area (Å²) in [5.74, 6) is -1.03. The molecule has 33 heavy (non-hydrogen) atoms. The third kappa shape index (κ3) is 3.46. The normalized spacial score (nSPS) is 15.0. The standard InChI is InChI=1S/C24H19ClN2O5S/c1-33(31,32)19-8-6-18(7-9-19)26-21-14-17(25)5-10-20(21)27(23(26)30)24(11-12-24)16-4-2-3-15(13-16)22(28)29/h2-10,13-14H,11-12H2,1H3,(H,28,29). The number of nitrogens with zero attached hydrogens (tertiary/aromatic N) is 2. The smallest absolute Gasteiger partial charge is 0.335 e. The van der Waals surface area contributed by atoms with Gasteiger partial charge in [-0.25, -0.2) is 18.0 Å². The maximum atomic E-state index is 13.8. The van der Waals surface area contributed by atoms with Crippen molar-refractivity contribution in [3.63, 3.8) is 0 Å². The van der Waals surface area contributed by atoms with Crippen molar-refractivity contribution in [3.05, 3.63) is 93.4 Å². The van der Waals surface area contributed by atoms with E-state index < -0.39 is 21.3 Å². The van der Waals surface area contributed by atoms with Gasteiger partial charge in [-0.2, -0.15) is 0 Å². The molecule has 1 saturated carbocycles. The summed E-state index contributed by atoms with van der Waals surface area (Å²) in [5.41, 5.74) is 1.70. The summed E-state index contributed by atoms with van der Waals surface area (Å²) < 4.78 is 26.9. The van der Waals surface area contributed by atoms with Crippen LogP contribution in [0.15, 0.2) is 76.4 Å². The van der Waals surface area contributed by atoms with Crippen molar-refractivity contribution in [2.45, 2.75) is 23.3 Å². The molecule has 1 N–H and O–H groups in total. The Morgan fingerprint density at radius 1 is 1.00 bits per heavy atom. The lowest BCUT2D eigenvalue weighted by Gasteiger charge is -2.18. The number of fused-ring (bicyclic) bond motifs is 1. The van der Waals surface area contributed by atoms with Crippen molar-refractivity contribution in [1.29, 1.82) is 0 Å². The van der Waals surface area contributed by atoms with Crippen molar-refractivity contribution in [1.82, 2.24) is 9.13 Å². The molecule has 0 spiro atoms. The van der Waals surface area contributed by atoms with Gasteiger partial charge in [0.05, 0.1) is 32.7 Å². The van der Waals surface area contributed by atoms with Crippen LogP contribution in [0.2, 0.25) is 5.02 Å². The van der Waals surface area contributed by atoms with E-state index in [9.17, 15) is 23.1 Å². The number of halogens is 1. The van der Waals surface area contributed by atoms with Crippen molar-refractivity contribution in [2.24, 2.45) is 0 Å². The van der Waals surface area contributed by atoms with Gasteiger partial charge in [0, 0.05) is 11.3 Å². The molecule has 0 bridgehead atoms. The first-order valence-electron chi connectivity index (χ1n) is 10.2. The molecule has 7 nitrogen and oxygen atoms in total. The molecule has 168 valence electrons. The molecule has 0 amide bonds. The van der Waals surface area contributed by atoms with Crippen molar-refractivity contribution in [2.75, 3.05) is 6.26 Å². The van der Waals surface area contributed by atoms with Crippen molar-refractivity contribution < 1.29 is 18.3 Å². The van der Waals surface area contributed by atoms with Gasteiger partial charge in [0.25, 0.3) is 0 Å². The van der Waals surface area contributed by atoms with Gasteiger partial charge in [0.15, 0.2) is 9.84 Å². The second-order valence-electron chi connectivity index (χ2n) is 8.27. The van der Waals surface area contributed by atoms with Crippen LogP contribution in [0.4, 0.5) is 0 Å². The van der Waals surface area contributed by atoms with Gasteiger partial charge in [0.1, 0.15) is 0 Å². The lowest BCUT2D eigenvalue weighted by atomic mass is 10.0. The molecule has 0 aliphatic heterocycles. The predicted octanol–water partition coefficient (Wildman–Crippen LogP) is 4.08. The van der Waals surface area contributed by atoms with E-state index in [0.717, 1.165) is 11.8 Å². The van der Waals surface area contributed by atoms with Crippen LogP contribution in [-0.2, 0) is 15.4 Å². The summed E-state index contributed by atoms with van der Waals surface area (Å²) in [7, 11) is -3.38. The van der Waals surface area contributed by atoms with Gasteiger partial charge in [-0.15, -0.1) is 0 Å². The minimum atomic E-state index is -3.38. The Bertz CT molecular complexity index is 1600. The van der Waals surface area contributed by atoms with E-state index in [1.807, 2.05) is 6.07 Å². The largest absolute Gasteiger partial charge is 0.478 e. The molecule has 1 fully saturated rings. The van der Waals surface area contributed by atoms with E-state index in [-0.39, 0.29) is 16.1 Å². The number of carboxylic acids is 1. The van der Waals surface area contributed by atoms with Crippen LogP contribution < -0.4 is 5.69 Å². The van der Waals surface area contributed by atoms with Gasteiger partial charge in [0.2, 0.25) is 0 Å². The molecule has 5 rings (SSSR count). The van der Waals surface area contributed by atoms with Crippen LogP contribution in [0.3, 0.4) is 0 Å². The first-order valence-corrected chi connectivity index (χ1v) is 12.5. The van der Waals surface area contributed by atoms with Gasteiger partial charge >= 0.3 is 11.7 Å². The lowest BCUT2D eigenvalue weighted by molar-refractivity contribution is 0.0696. The maximum absolute atomic E-state index is 13.8. The highest BCUT2D eigenvalue weighted by molar-refractivity contribution is 7.90. The highest BCUT2D eigenvalue weighted by Crippen LogP contribution is 2.50. The van der Waals surface area contributed by atoms with Crippen molar-refractivity contribution in [3.8, 4) is 5.69 Å². The quantitative estimate of drug-likeness (QED) is 0.462. The van der Waals surface area contributed by atoms with E-state index >= 15 is 0 Å². The fourth-order valence-electron chi connectivity index (χ4n) is 4.38. The Hall–Kier alpha value is -3.36. The zero-order chi connectivity index (χ0) is 23.5. The Morgan fingerprint density at radius 2 is 1.70 bits per heavy atom.